The van der Waals surface area contributed by atoms with Crippen molar-refractivity contribution in [1.82, 2.24) is 14.4 Å². The molecule has 3 aromatic rings. The molecule has 0 bridgehead atoms. The van der Waals surface area contributed by atoms with Gasteiger partial charge in [0.05, 0.1) is 19.4 Å². The second kappa shape index (κ2) is 9.47. The summed E-state index contributed by atoms with van der Waals surface area (Å²) in [6.07, 6.45) is 5.11. The zero-order valence-electron chi connectivity index (χ0n) is 17.9. The van der Waals surface area contributed by atoms with Crippen molar-refractivity contribution in [2.75, 3.05) is 19.9 Å². The minimum atomic E-state index is -0.284. The Kier molecular flexibility index (Phi) is 6.30. The molecular formula is C24H25N3O5. The fraction of sp³-hybridized carbons (Fsp3) is 0.250. The molecule has 8 nitrogen and oxygen atoms in total. The Morgan fingerprint density at radius 3 is 2.66 bits per heavy atom. The topological polar surface area (TPSA) is 77.2 Å². The molecule has 32 heavy (non-hydrogen) atoms. The number of hydrogen-bond acceptors (Lipinski definition) is 5. The van der Waals surface area contributed by atoms with E-state index in [2.05, 4.69) is 6.58 Å². The molecule has 0 spiro atoms. The average molecular weight is 435 g/mol. The van der Waals surface area contributed by atoms with E-state index < -0.39 is 0 Å². The number of carbonyl (C=O) groups is 2. The summed E-state index contributed by atoms with van der Waals surface area (Å²) in [6, 6.07) is 12.5. The lowest BCUT2D eigenvalue weighted by Gasteiger charge is -2.27. The number of amides is 2. The molecule has 0 fully saturated rings. The van der Waals surface area contributed by atoms with Gasteiger partial charge >= 0.3 is 0 Å². The summed E-state index contributed by atoms with van der Waals surface area (Å²) in [7, 11) is 1.93. The first kappa shape index (κ1) is 21.3. The minimum absolute atomic E-state index is 0.0928. The molecule has 8 heteroatoms. The van der Waals surface area contributed by atoms with Gasteiger partial charge in [0.15, 0.2) is 11.5 Å². The predicted molar refractivity (Wildman–Crippen MR) is 117 cm³/mol. The zero-order chi connectivity index (χ0) is 22.5. The van der Waals surface area contributed by atoms with Crippen molar-refractivity contribution < 1.29 is 23.5 Å². The first-order valence-electron chi connectivity index (χ1n) is 10.3. The van der Waals surface area contributed by atoms with Gasteiger partial charge in [-0.25, -0.2) is 0 Å². The van der Waals surface area contributed by atoms with Crippen LogP contribution in [-0.4, -0.2) is 46.1 Å². The van der Waals surface area contributed by atoms with Gasteiger partial charge in [-0.3, -0.25) is 9.59 Å². The molecule has 166 valence electrons. The first-order chi connectivity index (χ1) is 15.5. The Balaban J connectivity index is 1.52. The van der Waals surface area contributed by atoms with E-state index in [9.17, 15) is 9.59 Å². The molecule has 0 unspecified atom stereocenters. The summed E-state index contributed by atoms with van der Waals surface area (Å²) in [5, 5.41) is 0. The summed E-state index contributed by atoms with van der Waals surface area (Å²) in [4.78, 5) is 29.6. The molecule has 0 saturated heterocycles. The molecule has 1 aromatic carbocycles. The maximum absolute atomic E-state index is 13.3. The molecule has 1 aliphatic rings. The van der Waals surface area contributed by atoms with Crippen LogP contribution in [0, 0.1) is 0 Å². The fourth-order valence-electron chi connectivity index (χ4n) is 3.53. The van der Waals surface area contributed by atoms with Gasteiger partial charge in [-0.2, -0.15) is 0 Å². The van der Waals surface area contributed by atoms with Gasteiger partial charge in [0.25, 0.3) is 5.91 Å². The molecule has 0 N–H and O–H groups in total. The van der Waals surface area contributed by atoms with Gasteiger partial charge in [0, 0.05) is 31.0 Å². The number of aromatic nitrogens is 1. The monoisotopic (exact) mass is 435 g/mol. The third kappa shape index (κ3) is 4.69. The summed E-state index contributed by atoms with van der Waals surface area (Å²) < 4.78 is 18.1. The van der Waals surface area contributed by atoms with Crippen LogP contribution < -0.4 is 9.47 Å². The molecule has 2 amide bonds. The molecule has 0 saturated carbocycles. The van der Waals surface area contributed by atoms with Crippen LogP contribution >= 0.6 is 0 Å². The van der Waals surface area contributed by atoms with E-state index in [1.54, 1.807) is 41.5 Å². The van der Waals surface area contributed by atoms with Crippen molar-refractivity contribution in [3.63, 3.8) is 0 Å². The maximum atomic E-state index is 13.3. The first-order valence-corrected chi connectivity index (χ1v) is 10.3. The van der Waals surface area contributed by atoms with Crippen molar-refractivity contribution in [2.45, 2.75) is 13.1 Å². The molecular weight excluding hydrogens is 410 g/mol. The molecule has 0 atom stereocenters. The Morgan fingerprint density at radius 2 is 1.94 bits per heavy atom. The van der Waals surface area contributed by atoms with Gasteiger partial charge in [0.1, 0.15) is 12.3 Å². The number of benzene rings is 1. The lowest BCUT2D eigenvalue weighted by molar-refractivity contribution is -0.133. The van der Waals surface area contributed by atoms with Crippen LogP contribution in [-0.2, 0) is 24.9 Å². The van der Waals surface area contributed by atoms with Crippen LogP contribution in [0.4, 0.5) is 0 Å². The van der Waals surface area contributed by atoms with Crippen molar-refractivity contribution in [2.24, 2.45) is 7.05 Å². The smallest absolute Gasteiger partial charge is 0.254 e. The summed E-state index contributed by atoms with van der Waals surface area (Å²) >= 11 is 0. The van der Waals surface area contributed by atoms with E-state index in [0.29, 0.717) is 35.9 Å². The number of hydrogen-bond donors (Lipinski definition) is 0. The highest BCUT2D eigenvalue weighted by Crippen LogP contribution is 2.32. The van der Waals surface area contributed by atoms with E-state index in [1.165, 1.54) is 4.90 Å². The fourth-order valence-corrected chi connectivity index (χ4v) is 3.53. The van der Waals surface area contributed by atoms with Crippen molar-refractivity contribution in [3.8, 4) is 11.5 Å². The summed E-state index contributed by atoms with van der Waals surface area (Å²) in [5.74, 6) is 1.31. The van der Waals surface area contributed by atoms with Crippen molar-refractivity contribution >= 4 is 11.8 Å². The predicted octanol–water partition coefficient (Wildman–Crippen LogP) is 3.20. The molecule has 2 aromatic heterocycles. The van der Waals surface area contributed by atoms with Crippen LogP contribution in [0.5, 0.6) is 11.5 Å². The summed E-state index contributed by atoms with van der Waals surface area (Å²) in [5.41, 5.74) is 1.39. The average Bonchev–Trinajstić information content (AvgIpc) is 3.55. The van der Waals surface area contributed by atoms with Crippen LogP contribution in [0.25, 0.3) is 0 Å². The van der Waals surface area contributed by atoms with Gasteiger partial charge < -0.3 is 28.3 Å². The van der Waals surface area contributed by atoms with Crippen LogP contribution in [0.1, 0.15) is 21.8 Å². The van der Waals surface area contributed by atoms with E-state index >= 15 is 0 Å². The molecule has 3 heterocycles. The molecule has 1 aliphatic heterocycles. The standard InChI is InChI=1S/C24H25N3O5/c1-3-10-26(24(29)18-8-9-21-22(13-18)32-17-31-21)16-23(28)27(15-20-7-5-12-30-20)14-19-6-4-11-25(19)2/h3-9,11-13H,1,10,14-17H2,2H3. The Morgan fingerprint density at radius 1 is 1.09 bits per heavy atom. The van der Waals surface area contributed by atoms with Crippen LogP contribution in [0.15, 0.2) is 72.0 Å². The summed E-state index contributed by atoms with van der Waals surface area (Å²) in [6.45, 7) is 4.70. The second-order valence-corrected chi connectivity index (χ2v) is 7.48. The SMILES string of the molecule is C=CCN(CC(=O)N(Cc1ccco1)Cc1cccn1C)C(=O)c1ccc2c(c1)OCO2. The largest absolute Gasteiger partial charge is 0.467 e. The lowest BCUT2D eigenvalue weighted by Crippen LogP contribution is -2.42. The highest BCUT2D eigenvalue weighted by molar-refractivity contribution is 5.97. The normalized spacial score (nSPS) is 11.9. The van der Waals surface area contributed by atoms with E-state index in [4.69, 9.17) is 13.9 Å². The quantitative estimate of drug-likeness (QED) is 0.483. The molecule has 0 radical (unpaired) electrons. The zero-order valence-corrected chi connectivity index (χ0v) is 17.9. The Bertz CT molecular complexity index is 1100. The molecule has 4 rings (SSSR count). The van der Waals surface area contributed by atoms with E-state index in [1.807, 2.05) is 36.0 Å². The lowest BCUT2D eigenvalue weighted by atomic mass is 10.1. The van der Waals surface area contributed by atoms with Crippen molar-refractivity contribution in [3.05, 3.63) is 84.6 Å². The Labute approximate surface area is 186 Å². The van der Waals surface area contributed by atoms with Gasteiger partial charge in [-0.05, 0) is 42.5 Å². The number of aryl methyl sites for hydroxylation is 1. The highest BCUT2D eigenvalue weighted by Gasteiger charge is 2.24. The number of rotatable bonds is 9. The van der Waals surface area contributed by atoms with Crippen LogP contribution in [0.3, 0.4) is 0 Å². The van der Waals surface area contributed by atoms with Gasteiger partial charge in [0.2, 0.25) is 12.7 Å². The van der Waals surface area contributed by atoms with Crippen LogP contribution in [0.2, 0.25) is 0 Å². The van der Waals surface area contributed by atoms with Gasteiger partial charge in [-0.15, -0.1) is 6.58 Å². The number of furan rings is 1. The third-order valence-electron chi connectivity index (χ3n) is 5.27. The molecule has 0 aliphatic carbocycles. The Hall–Kier alpha value is -3.94. The minimum Gasteiger partial charge on any atom is -0.467 e. The second-order valence-electron chi connectivity index (χ2n) is 7.48. The number of ether oxygens (including phenoxy) is 2. The van der Waals surface area contributed by atoms with Crippen molar-refractivity contribution in [1.29, 1.82) is 0 Å². The maximum Gasteiger partial charge on any atom is 0.254 e. The number of fused-ring (bicyclic) bond motifs is 1. The highest BCUT2D eigenvalue weighted by atomic mass is 16.7. The van der Waals surface area contributed by atoms with Gasteiger partial charge in [-0.1, -0.05) is 6.08 Å². The third-order valence-corrected chi connectivity index (χ3v) is 5.27. The van der Waals surface area contributed by atoms with E-state index in [-0.39, 0.29) is 31.7 Å². The number of nitrogens with zero attached hydrogens (tertiary/aromatic N) is 3. The number of carbonyl (C=O) groups excluding carboxylic acids is 2. The van der Waals surface area contributed by atoms with E-state index in [0.717, 1.165) is 5.69 Å².